The van der Waals surface area contributed by atoms with E-state index in [0.717, 1.165) is 56.5 Å². The Bertz CT molecular complexity index is 564. The number of rotatable bonds is 4. The van der Waals surface area contributed by atoms with E-state index in [1.165, 1.54) is 6.07 Å². The molecule has 4 nitrogen and oxygen atoms in total. The summed E-state index contributed by atoms with van der Waals surface area (Å²) in [6.07, 6.45) is 3.87. The topological polar surface area (TPSA) is 41.6 Å². The summed E-state index contributed by atoms with van der Waals surface area (Å²) in [5, 5.41) is 3.09. The summed E-state index contributed by atoms with van der Waals surface area (Å²) in [6, 6.07) is 4.78. The largest absolute Gasteiger partial charge is 0.381 e. The molecule has 23 heavy (non-hydrogen) atoms. The van der Waals surface area contributed by atoms with Gasteiger partial charge in [-0.2, -0.15) is 0 Å². The van der Waals surface area contributed by atoms with E-state index in [0.29, 0.717) is 12.5 Å². The number of carbonyl (C=O) groups excluding carboxylic acids is 1. The van der Waals surface area contributed by atoms with Crippen molar-refractivity contribution in [3.05, 3.63) is 35.1 Å². The van der Waals surface area contributed by atoms with Gasteiger partial charge in [-0.25, -0.2) is 9.18 Å². The van der Waals surface area contributed by atoms with Gasteiger partial charge in [0, 0.05) is 25.6 Å². The second kappa shape index (κ2) is 7.30. The molecule has 3 rings (SSSR count). The summed E-state index contributed by atoms with van der Waals surface area (Å²) in [7, 11) is 0. The molecule has 1 aliphatic carbocycles. The van der Waals surface area contributed by atoms with Crippen molar-refractivity contribution in [1.29, 1.82) is 0 Å². The normalized spacial score (nSPS) is 23.7. The Labute approximate surface area is 137 Å². The Morgan fingerprint density at radius 1 is 1.43 bits per heavy atom. The third-order valence-electron chi connectivity index (χ3n) is 4.85. The van der Waals surface area contributed by atoms with E-state index in [1.807, 2.05) is 17.9 Å². The van der Waals surface area contributed by atoms with Crippen molar-refractivity contribution < 1.29 is 13.9 Å². The lowest BCUT2D eigenvalue weighted by molar-refractivity contribution is 0.0751. The van der Waals surface area contributed by atoms with Crippen LogP contribution in [0.5, 0.6) is 0 Å². The lowest BCUT2D eigenvalue weighted by Crippen LogP contribution is -2.47. The number of fused-ring (bicyclic) bond motifs is 1. The van der Waals surface area contributed by atoms with E-state index >= 15 is 0 Å². The second-order valence-corrected chi connectivity index (χ2v) is 6.50. The van der Waals surface area contributed by atoms with Gasteiger partial charge in [-0.3, -0.25) is 0 Å². The Balaban J connectivity index is 1.59. The zero-order valence-corrected chi connectivity index (χ0v) is 13.7. The monoisotopic (exact) mass is 320 g/mol. The van der Waals surface area contributed by atoms with Crippen LogP contribution in [0.1, 0.15) is 43.4 Å². The first kappa shape index (κ1) is 16.2. The minimum absolute atomic E-state index is 0.0340. The maximum Gasteiger partial charge on any atom is 0.317 e. The van der Waals surface area contributed by atoms with Crippen LogP contribution in [0.3, 0.4) is 0 Å². The minimum Gasteiger partial charge on any atom is -0.381 e. The number of nitrogens with zero attached hydrogens (tertiary/aromatic N) is 1. The first-order chi connectivity index (χ1) is 11.2. The van der Waals surface area contributed by atoms with Gasteiger partial charge < -0.3 is 15.0 Å². The number of amides is 2. The van der Waals surface area contributed by atoms with Crippen LogP contribution in [-0.2, 0) is 11.2 Å². The van der Waals surface area contributed by atoms with Crippen LogP contribution in [0, 0.1) is 11.7 Å². The van der Waals surface area contributed by atoms with Crippen LogP contribution in [0.2, 0.25) is 0 Å². The third-order valence-corrected chi connectivity index (χ3v) is 4.85. The number of aryl methyl sites for hydroxylation is 1. The lowest BCUT2D eigenvalue weighted by Gasteiger charge is -2.33. The molecule has 0 saturated carbocycles. The molecular weight excluding hydrogens is 295 g/mol. The SMILES string of the molecule is CCOC[C@H]1CCCN(C(=O)N[C@@H]2CCc3ccc(F)cc32)C1. The maximum absolute atomic E-state index is 13.5. The standard InChI is InChI=1S/C18H25FN2O2/c1-2-23-12-13-4-3-9-21(11-13)18(22)20-17-8-6-14-5-7-15(19)10-16(14)17/h5,7,10,13,17H,2-4,6,8-9,11-12H2,1H3,(H,20,22)/t13-,17+/m0/s1. The van der Waals surface area contributed by atoms with Crippen LogP contribution >= 0.6 is 0 Å². The zero-order valence-electron chi connectivity index (χ0n) is 13.7. The Kier molecular flexibility index (Phi) is 5.16. The molecule has 0 aromatic heterocycles. The molecule has 1 fully saturated rings. The van der Waals surface area contributed by atoms with Gasteiger partial charge in [0.15, 0.2) is 0 Å². The van der Waals surface area contributed by atoms with E-state index < -0.39 is 0 Å². The maximum atomic E-state index is 13.5. The Hall–Kier alpha value is -1.62. The van der Waals surface area contributed by atoms with Gasteiger partial charge in [0.2, 0.25) is 0 Å². The zero-order chi connectivity index (χ0) is 16.2. The smallest absolute Gasteiger partial charge is 0.317 e. The number of piperidine rings is 1. The van der Waals surface area contributed by atoms with Crippen LogP contribution < -0.4 is 5.32 Å². The quantitative estimate of drug-likeness (QED) is 0.925. The molecule has 1 aromatic carbocycles. The average molecular weight is 320 g/mol. The molecule has 1 saturated heterocycles. The van der Waals surface area contributed by atoms with E-state index in [9.17, 15) is 9.18 Å². The van der Waals surface area contributed by atoms with Gasteiger partial charge in [-0.15, -0.1) is 0 Å². The molecular formula is C18H25FN2O2. The number of hydrogen-bond donors (Lipinski definition) is 1. The fraction of sp³-hybridized carbons (Fsp3) is 0.611. The number of nitrogens with one attached hydrogen (secondary N) is 1. The molecule has 5 heteroatoms. The predicted octanol–water partition coefficient (Wildman–Crippen LogP) is 3.27. The highest BCUT2D eigenvalue weighted by atomic mass is 19.1. The Morgan fingerprint density at radius 2 is 2.30 bits per heavy atom. The highest BCUT2D eigenvalue weighted by Gasteiger charge is 2.28. The molecule has 1 aliphatic heterocycles. The highest BCUT2D eigenvalue weighted by Crippen LogP contribution is 2.32. The van der Waals surface area contributed by atoms with Crippen molar-refractivity contribution in [2.75, 3.05) is 26.3 Å². The number of likely N-dealkylation sites (tertiary alicyclic amines) is 1. The second-order valence-electron chi connectivity index (χ2n) is 6.50. The summed E-state index contributed by atoms with van der Waals surface area (Å²) in [5.74, 6) is 0.183. The number of ether oxygens (including phenoxy) is 1. The number of hydrogen-bond acceptors (Lipinski definition) is 2. The van der Waals surface area contributed by atoms with E-state index in [1.54, 1.807) is 6.07 Å². The molecule has 0 unspecified atom stereocenters. The van der Waals surface area contributed by atoms with Crippen molar-refractivity contribution in [3.8, 4) is 0 Å². The van der Waals surface area contributed by atoms with Gasteiger partial charge in [-0.05, 0) is 55.9 Å². The van der Waals surface area contributed by atoms with Gasteiger partial charge in [0.05, 0.1) is 12.6 Å². The summed E-state index contributed by atoms with van der Waals surface area (Å²) in [5.41, 5.74) is 2.07. The molecule has 1 aromatic rings. The first-order valence-electron chi connectivity index (χ1n) is 8.59. The number of benzene rings is 1. The summed E-state index contributed by atoms with van der Waals surface area (Å²) in [4.78, 5) is 14.4. The summed E-state index contributed by atoms with van der Waals surface area (Å²) in [6.45, 7) is 4.96. The van der Waals surface area contributed by atoms with Gasteiger partial charge in [0.1, 0.15) is 5.82 Å². The first-order valence-corrected chi connectivity index (χ1v) is 8.59. The molecule has 1 N–H and O–H groups in total. The molecule has 2 amide bonds. The highest BCUT2D eigenvalue weighted by molar-refractivity contribution is 5.75. The molecule has 0 radical (unpaired) electrons. The van der Waals surface area contributed by atoms with Gasteiger partial charge in [-0.1, -0.05) is 6.07 Å². The molecule has 1 heterocycles. The third kappa shape index (κ3) is 3.83. The van der Waals surface area contributed by atoms with Crippen molar-refractivity contribution in [2.45, 2.75) is 38.6 Å². The van der Waals surface area contributed by atoms with Gasteiger partial charge >= 0.3 is 6.03 Å². The van der Waals surface area contributed by atoms with Crippen molar-refractivity contribution in [3.63, 3.8) is 0 Å². The van der Waals surface area contributed by atoms with Gasteiger partial charge in [0.25, 0.3) is 0 Å². The molecule has 0 bridgehead atoms. The van der Waals surface area contributed by atoms with Crippen LogP contribution in [0.15, 0.2) is 18.2 Å². The average Bonchev–Trinajstić information content (AvgIpc) is 2.95. The summed E-state index contributed by atoms with van der Waals surface area (Å²) < 4.78 is 19.0. The van der Waals surface area contributed by atoms with Crippen molar-refractivity contribution in [1.82, 2.24) is 10.2 Å². The summed E-state index contributed by atoms with van der Waals surface area (Å²) >= 11 is 0. The Morgan fingerprint density at radius 3 is 3.13 bits per heavy atom. The number of carbonyl (C=O) groups is 1. The van der Waals surface area contributed by atoms with E-state index in [4.69, 9.17) is 4.74 Å². The van der Waals surface area contributed by atoms with Crippen LogP contribution in [-0.4, -0.2) is 37.2 Å². The van der Waals surface area contributed by atoms with E-state index in [2.05, 4.69) is 5.32 Å². The fourth-order valence-electron chi connectivity index (χ4n) is 3.63. The molecule has 0 spiro atoms. The lowest BCUT2D eigenvalue weighted by atomic mass is 9.99. The minimum atomic E-state index is -0.236. The molecule has 2 atom stereocenters. The van der Waals surface area contributed by atoms with Crippen LogP contribution in [0.25, 0.3) is 0 Å². The fourth-order valence-corrected chi connectivity index (χ4v) is 3.63. The molecule has 126 valence electrons. The van der Waals surface area contributed by atoms with E-state index in [-0.39, 0.29) is 17.9 Å². The predicted molar refractivity (Wildman–Crippen MR) is 86.8 cm³/mol. The van der Waals surface area contributed by atoms with Crippen molar-refractivity contribution >= 4 is 6.03 Å². The number of halogens is 1. The number of urea groups is 1. The molecule has 2 aliphatic rings. The van der Waals surface area contributed by atoms with Crippen molar-refractivity contribution in [2.24, 2.45) is 5.92 Å². The van der Waals surface area contributed by atoms with Crippen LogP contribution in [0.4, 0.5) is 9.18 Å².